The van der Waals surface area contributed by atoms with E-state index in [0.29, 0.717) is 38.2 Å². The third-order valence-electron chi connectivity index (χ3n) is 9.33. The van der Waals surface area contributed by atoms with Gasteiger partial charge in [0.1, 0.15) is 18.0 Å². The van der Waals surface area contributed by atoms with Gasteiger partial charge in [-0.2, -0.15) is 9.97 Å². The molecule has 3 aliphatic rings. The Balaban J connectivity index is 1.37. The van der Waals surface area contributed by atoms with E-state index in [1.165, 1.54) is 28.1 Å². The van der Waals surface area contributed by atoms with Gasteiger partial charge in [-0.25, -0.2) is 6.57 Å². The van der Waals surface area contributed by atoms with E-state index in [4.69, 9.17) is 21.3 Å². The first kappa shape index (κ1) is 28.9. The summed E-state index contributed by atoms with van der Waals surface area (Å²) >= 11 is 0. The Bertz CT molecular complexity index is 1560. The number of aromatic nitrogens is 2. The van der Waals surface area contributed by atoms with Gasteiger partial charge in [0.2, 0.25) is 12.5 Å². The second-order valence-corrected chi connectivity index (χ2v) is 12.2. The average molecular weight is 580 g/mol. The van der Waals surface area contributed by atoms with Crippen molar-refractivity contribution >= 4 is 28.2 Å². The van der Waals surface area contributed by atoms with Gasteiger partial charge in [-0.3, -0.25) is 4.79 Å². The van der Waals surface area contributed by atoms with Crippen LogP contribution >= 0.6 is 0 Å². The van der Waals surface area contributed by atoms with Crippen molar-refractivity contribution in [2.75, 3.05) is 56.6 Å². The molecule has 0 unspecified atom stereocenters. The minimum absolute atomic E-state index is 0.0400. The molecule has 9 nitrogen and oxygen atoms in total. The Hall–Kier alpha value is -4.16. The van der Waals surface area contributed by atoms with Crippen LogP contribution in [0.4, 0.5) is 11.5 Å². The quantitative estimate of drug-likeness (QED) is 0.302. The number of carbonyl (C=O) groups excluding carboxylic acids is 1. The number of hydrogen-bond donors (Lipinski definition) is 0. The van der Waals surface area contributed by atoms with Crippen LogP contribution in [0, 0.1) is 13.5 Å². The van der Waals surface area contributed by atoms with E-state index in [2.05, 4.69) is 83.5 Å². The minimum atomic E-state index is -0.224. The molecule has 0 N–H and O–H groups in total. The fourth-order valence-corrected chi connectivity index (χ4v) is 7.16. The van der Waals surface area contributed by atoms with Gasteiger partial charge < -0.3 is 29.2 Å². The molecule has 43 heavy (non-hydrogen) atoms. The molecule has 0 spiro atoms. The van der Waals surface area contributed by atoms with Crippen molar-refractivity contribution in [2.24, 2.45) is 0 Å². The number of anilines is 2. The van der Waals surface area contributed by atoms with Crippen molar-refractivity contribution in [1.82, 2.24) is 19.8 Å². The molecule has 2 aromatic carbocycles. The van der Waals surface area contributed by atoms with Crippen LogP contribution in [0.15, 0.2) is 49.1 Å². The zero-order valence-electron chi connectivity index (χ0n) is 25.5. The third-order valence-corrected chi connectivity index (χ3v) is 9.33. The van der Waals surface area contributed by atoms with Crippen LogP contribution in [-0.4, -0.2) is 90.7 Å². The van der Waals surface area contributed by atoms with Crippen molar-refractivity contribution in [2.45, 2.75) is 57.3 Å². The smallest absolute Gasteiger partial charge is 0.319 e. The molecular weight excluding hydrogens is 538 g/mol. The SMILES string of the molecule is [C-]#[N+]C[C@H]1CN(c2nc(O[C@H]3CCC[C@@H]3N(C)C)nc3c2CCN(c2cccc4cccc(C)c24)C3)CCN1C(=O)C=C. The summed E-state index contributed by atoms with van der Waals surface area (Å²) in [6.45, 7) is 16.8. The van der Waals surface area contributed by atoms with Crippen LogP contribution in [0.5, 0.6) is 6.01 Å². The van der Waals surface area contributed by atoms with E-state index in [0.717, 1.165) is 49.3 Å². The topological polar surface area (TPSA) is 69.4 Å². The Labute approximate surface area is 254 Å². The van der Waals surface area contributed by atoms with E-state index in [-0.39, 0.29) is 24.6 Å². The standard InChI is InChI=1S/C34H41N7O2/c1-6-31(42)41-19-18-40(21-25(41)20-35-3)33-26-16-17-39(29-14-8-12-24-11-7-10-23(2)32(24)29)22-27(26)36-34(37-33)43-30-15-9-13-28(30)38(4)5/h6-8,10-12,14,25,28,30H,1,9,13,15-22H2,2,4-5H3/t25-,28-,30-/m0/s1. The molecule has 6 rings (SSSR count). The lowest BCUT2D eigenvalue weighted by Crippen LogP contribution is -2.56. The normalized spacial score (nSPS) is 22.0. The van der Waals surface area contributed by atoms with Crippen molar-refractivity contribution in [3.8, 4) is 6.01 Å². The maximum atomic E-state index is 12.6. The van der Waals surface area contributed by atoms with Crippen LogP contribution in [0.2, 0.25) is 0 Å². The second kappa shape index (κ2) is 12.2. The first-order valence-electron chi connectivity index (χ1n) is 15.3. The maximum absolute atomic E-state index is 12.6. The molecule has 1 saturated carbocycles. The third kappa shape index (κ3) is 5.64. The summed E-state index contributed by atoms with van der Waals surface area (Å²) in [6, 6.07) is 13.5. The molecule has 1 aromatic heterocycles. The van der Waals surface area contributed by atoms with Crippen molar-refractivity contribution in [3.05, 3.63) is 77.3 Å². The Morgan fingerprint density at radius 2 is 1.95 bits per heavy atom. The average Bonchev–Trinajstić information content (AvgIpc) is 3.48. The van der Waals surface area contributed by atoms with Crippen LogP contribution in [0.1, 0.15) is 36.1 Å². The number of rotatable bonds is 7. The number of hydrogen-bond acceptors (Lipinski definition) is 7. The number of aryl methyl sites for hydroxylation is 1. The molecule has 2 aliphatic heterocycles. The number of ether oxygens (including phenoxy) is 1. The van der Waals surface area contributed by atoms with Crippen LogP contribution in [0.25, 0.3) is 15.6 Å². The van der Waals surface area contributed by atoms with Gasteiger partial charge in [-0.05, 0) is 69.8 Å². The molecule has 224 valence electrons. The monoisotopic (exact) mass is 579 g/mol. The molecule has 3 atom stereocenters. The predicted molar refractivity (Wildman–Crippen MR) is 171 cm³/mol. The van der Waals surface area contributed by atoms with E-state index in [1.807, 2.05) is 0 Å². The molecule has 9 heteroatoms. The summed E-state index contributed by atoms with van der Waals surface area (Å²) in [5, 5.41) is 2.52. The zero-order chi connectivity index (χ0) is 30.1. The molecule has 1 amide bonds. The van der Waals surface area contributed by atoms with Gasteiger partial charge in [0.15, 0.2) is 0 Å². The van der Waals surface area contributed by atoms with E-state index >= 15 is 0 Å². The number of fused-ring (bicyclic) bond motifs is 2. The lowest BCUT2D eigenvalue weighted by atomic mass is 9.99. The number of benzene rings is 2. The van der Waals surface area contributed by atoms with Gasteiger partial charge in [0.05, 0.1) is 12.2 Å². The lowest BCUT2D eigenvalue weighted by molar-refractivity contribution is -0.128. The van der Waals surface area contributed by atoms with Gasteiger partial charge in [-0.15, -0.1) is 0 Å². The van der Waals surface area contributed by atoms with Crippen molar-refractivity contribution in [3.63, 3.8) is 0 Å². The Morgan fingerprint density at radius 1 is 1.14 bits per heavy atom. The number of amides is 1. The summed E-state index contributed by atoms with van der Waals surface area (Å²) < 4.78 is 6.59. The van der Waals surface area contributed by atoms with Gasteiger partial charge in [-0.1, -0.05) is 36.9 Å². The molecule has 0 bridgehead atoms. The molecular formula is C34H41N7O2. The molecule has 3 heterocycles. The minimum Gasteiger partial charge on any atom is -0.458 e. The van der Waals surface area contributed by atoms with E-state index in [1.54, 1.807) is 4.90 Å². The second-order valence-electron chi connectivity index (χ2n) is 12.2. The summed E-state index contributed by atoms with van der Waals surface area (Å²) in [5.74, 6) is 0.757. The van der Waals surface area contributed by atoms with Crippen molar-refractivity contribution in [1.29, 1.82) is 0 Å². The Morgan fingerprint density at radius 3 is 2.72 bits per heavy atom. The van der Waals surface area contributed by atoms with Crippen LogP contribution in [0.3, 0.4) is 0 Å². The number of nitrogens with zero attached hydrogens (tertiary/aromatic N) is 7. The molecule has 1 saturated heterocycles. The summed E-state index contributed by atoms with van der Waals surface area (Å²) in [7, 11) is 4.22. The fourth-order valence-electron chi connectivity index (χ4n) is 7.16. The molecule has 1 aliphatic carbocycles. The maximum Gasteiger partial charge on any atom is 0.319 e. The summed E-state index contributed by atoms with van der Waals surface area (Å²) in [6.07, 6.45) is 5.39. The van der Waals surface area contributed by atoms with Gasteiger partial charge in [0.25, 0.3) is 0 Å². The largest absolute Gasteiger partial charge is 0.458 e. The number of likely N-dealkylation sites (N-methyl/N-ethyl adjacent to an activating group) is 1. The van der Waals surface area contributed by atoms with E-state index < -0.39 is 0 Å². The highest BCUT2D eigenvalue weighted by atomic mass is 16.5. The predicted octanol–water partition coefficient (Wildman–Crippen LogP) is 4.48. The molecule has 2 fully saturated rings. The fraction of sp³-hybridized carbons (Fsp3) is 0.471. The highest BCUT2D eigenvalue weighted by Crippen LogP contribution is 2.36. The first-order chi connectivity index (χ1) is 20.9. The van der Waals surface area contributed by atoms with Gasteiger partial charge in [0, 0.05) is 48.9 Å². The Kier molecular flexibility index (Phi) is 8.22. The van der Waals surface area contributed by atoms with Crippen LogP contribution in [-0.2, 0) is 17.8 Å². The highest BCUT2D eigenvalue weighted by Gasteiger charge is 2.36. The first-order valence-corrected chi connectivity index (χ1v) is 15.3. The number of carbonyl (C=O) groups is 1. The van der Waals surface area contributed by atoms with Crippen molar-refractivity contribution < 1.29 is 9.53 Å². The van der Waals surface area contributed by atoms with Crippen LogP contribution < -0.4 is 14.5 Å². The lowest BCUT2D eigenvalue weighted by Gasteiger charge is -2.41. The highest BCUT2D eigenvalue weighted by molar-refractivity contribution is 5.97. The van der Waals surface area contributed by atoms with Gasteiger partial charge >= 0.3 is 6.01 Å². The number of piperazine rings is 1. The van der Waals surface area contributed by atoms with E-state index in [9.17, 15) is 4.79 Å². The summed E-state index contributed by atoms with van der Waals surface area (Å²) in [4.78, 5) is 35.1. The zero-order valence-corrected chi connectivity index (χ0v) is 25.5. The molecule has 0 radical (unpaired) electrons. The molecule has 3 aromatic rings. The summed E-state index contributed by atoms with van der Waals surface area (Å²) in [5.41, 5.74) is 4.62.